The molecule has 0 aromatic carbocycles. The molecule has 0 N–H and O–H groups in total. The zero-order valence-corrected chi connectivity index (χ0v) is 9.22. The first-order valence-electron chi connectivity index (χ1n) is 0. The monoisotopic (exact) mass is 482 g/mol. The molecule has 0 aromatic heterocycles. The first kappa shape index (κ1) is 76.5. The molecule has 0 aliphatic rings. The third kappa shape index (κ3) is 43.3. The van der Waals surface area contributed by atoms with Crippen molar-refractivity contribution in [2.75, 3.05) is 0 Å². The molecule has 0 fully saturated rings. The van der Waals surface area contributed by atoms with E-state index in [-0.39, 0.29) is 130 Å². The van der Waals surface area contributed by atoms with Crippen LogP contribution in [-0.4, -0.2) is 0 Å². The Bertz CT molecular complexity index is 10.9. The molecule has 3 nitrogen and oxygen atoms in total. The minimum absolute atomic E-state index is 0. The van der Waals surface area contributed by atoms with E-state index in [1.165, 1.54) is 0 Å². The summed E-state index contributed by atoms with van der Waals surface area (Å²) in [5, 5.41) is 0. The fourth-order valence-electron chi connectivity index (χ4n) is 0. The second-order valence-corrected chi connectivity index (χ2v) is 0. The van der Waals surface area contributed by atoms with Crippen molar-refractivity contribution in [3.63, 3.8) is 0 Å². The van der Waals surface area contributed by atoms with Crippen molar-refractivity contribution in [3.8, 4) is 0 Å². The molecule has 0 saturated heterocycles. The second kappa shape index (κ2) is 55.5. The topological polar surface area (TPSA) is 85.5 Å². The smallest absolute Gasteiger partial charge is 2.00 e. The van der Waals surface area contributed by atoms with Crippen LogP contribution >= 0.6 is 0 Å². The van der Waals surface area contributed by atoms with Crippen molar-refractivity contribution in [2.45, 2.75) is 0 Å². The van der Waals surface area contributed by atoms with E-state index in [4.69, 9.17) is 0 Å². The minimum Gasteiger partial charge on any atom is -2.00 e. The van der Waals surface area contributed by atoms with Crippen LogP contribution in [0.5, 0.6) is 0 Å². The average molecular weight is 480 g/mol. The van der Waals surface area contributed by atoms with E-state index in [0.717, 1.165) is 0 Å². The van der Waals surface area contributed by atoms with E-state index in [2.05, 4.69) is 0 Å². The molecule has 0 saturated carbocycles. The van der Waals surface area contributed by atoms with Crippen LogP contribution in [0.2, 0.25) is 0 Å². The first-order valence-corrected chi connectivity index (χ1v) is 0. The van der Waals surface area contributed by atoms with Crippen molar-refractivity contribution in [1.82, 2.24) is 0 Å². The van der Waals surface area contributed by atoms with E-state index < -0.39 is 0 Å². The minimum atomic E-state index is 0. The van der Waals surface area contributed by atoms with E-state index in [1.807, 2.05) is 0 Å². The molecule has 0 bridgehead atoms. The van der Waals surface area contributed by atoms with E-state index in [0.29, 0.717) is 0 Å². The molecule has 7 heteroatoms. The van der Waals surface area contributed by atoms with Gasteiger partial charge in [0.25, 0.3) is 0 Å². The van der Waals surface area contributed by atoms with Gasteiger partial charge in [0.15, 0.2) is 0 Å². The number of rotatable bonds is 0. The molecule has 0 heterocycles. The molecule has 0 aliphatic heterocycles. The quantitative estimate of drug-likeness (QED) is 0.454. The van der Waals surface area contributed by atoms with Crippen LogP contribution < -0.4 is 0 Å². The first-order chi connectivity index (χ1) is 0. The predicted molar refractivity (Wildman–Crippen MR) is 2.06 cm³/mol. The SMILES string of the molecule is [Co].[Co].[Gd+3].[Gd+3].[O-2].[O-2].[O-2]. The summed E-state index contributed by atoms with van der Waals surface area (Å²) in [6.07, 6.45) is 0. The third-order valence-electron chi connectivity index (χ3n) is 0. The van der Waals surface area contributed by atoms with Crippen LogP contribution in [0.25, 0.3) is 0 Å². The molecule has 0 aromatic rings. The Labute approximate surface area is 127 Å². The van der Waals surface area contributed by atoms with Crippen LogP contribution in [0.3, 0.4) is 0 Å². The zero-order valence-electron chi connectivity index (χ0n) is 2.60. The Hall–Kier alpha value is 3.54. The van der Waals surface area contributed by atoms with Gasteiger partial charge in [0, 0.05) is 33.6 Å². The summed E-state index contributed by atoms with van der Waals surface area (Å²) >= 11 is 0. The summed E-state index contributed by atoms with van der Waals surface area (Å²) < 4.78 is 0. The molecular weight excluding hydrogens is 480 g/mol. The van der Waals surface area contributed by atoms with Crippen molar-refractivity contribution >= 4 is 0 Å². The van der Waals surface area contributed by atoms with Gasteiger partial charge in [0.1, 0.15) is 0 Å². The predicted octanol–water partition coefficient (Wildman–Crippen LogP) is -0.361. The van der Waals surface area contributed by atoms with E-state index in [1.54, 1.807) is 0 Å². The molecule has 0 unspecified atom stereocenters. The van der Waals surface area contributed by atoms with Crippen LogP contribution in [-0.2, 0) is 50.0 Å². The molecule has 7 heavy (non-hydrogen) atoms. The van der Waals surface area contributed by atoms with Gasteiger partial charge >= 0.3 is 79.9 Å². The Morgan fingerprint density at radius 1 is 0.429 bits per heavy atom. The van der Waals surface area contributed by atoms with E-state index >= 15 is 0 Å². The van der Waals surface area contributed by atoms with Gasteiger partial charge in [-0.05, 0) is 0 Å². The van der Waals surface area contributed by atoms with Gasteiger partial charge in [-0.1, -0.05) is 0 Å². The van der Waals surface area contributed by atoms with Crippen LogP contribution in [0.1, 0.15) is 0 Å². The Balaban J connectivity index is 0. The third-order valence-corrected chi connectivity index (χ3v) is 0. The standard InChI is InChI=1S/2Co.2Gd.3O/q;;2*+3;3*-2. The summed E-state index contributed by atoms with van der Waals surface area (Å²) in [5.41, 5.74) is 0. The molecule has 0 atom stereocenters. The molecule has 0 aliphatic carbocycles. The molecular formula is Co2Gd2O3. The normalized spacial score (nSPS) is 0. The van der Waals surface area contributed by atoms with Crippen molar-refractivity contribution in [2.24, 2.45) is 0 Å². The number of hydrogen-bond donors (Lipinski definition) is 0. The largest absolute Gasteiger partial charge is 3.00 e. The van der Waals surface area contributed by atoms with Crippen LogP contribution in [0.4, 0.5) is 0 Å². The van der Waals surface area contributed by atoms with Crippen LogP contribution in [0, 0.1) is 79.9 Å². The van der Waals surface area contributed by atoms with Crippen molar-refractivity contribution in [1.29, 1.82) is 0 Å². The van der Waals surface area contributed by atoms with Gasteiger partial charge < -0.3 is 16.4 Å². The van der Waals surface area contributed by atoms with Gasteiger partial charge in [-0.15, -0.1) is 0 Å². The van der Waals surface area contributed by atoms with Crippen LogP contribution in [0.15, 0.2) is 0 Å². The maximum atomic E-state index is 0. The Morgan fingerprint density at radius 3 is 0.429 bits per heavy atom. The Morgan fingerprint density at radius 2 is 0.429 bits per heavy atom. The molecule has 0 spiro atoms. The van der Waals surface area contributed by atoms with Gasteiger partial charge in [0.05, 0.1) is 0 Å². The summed E-state index contributed by atoms with van der Waals surface area (Å²) in [6, 6.07) is 0. The molecule has 0 amide bonds. The Kier molecular flexibility index (Phi) is 606. The fourth-order valence-corrected chi connectivity index (χ4v) is 0. The summed E-state index contributed by atoms with van der Waals surface area (Å²) in [7, 11) is 0. The van der Waals surface area contributed by atoms with Crippen molar-refractivity contribution in [3.05, 3.63) is 0 Å². The van der Waals surface area contributed by atoms with Gasteiger partial charge in [-0.25, -0.2) is 0 Å². The van der Waals surface area contributed by atoms with Gasteiger partial charge in [0.2, 0.25) is 0 Å². The summed E-state index contributed by atoms with van der Waals surface area (Å²) in [6.45, 7) is 0. The van der Waals surface area contributed by atoms with E-state index in [9.17, 15) is 0 Å². The average Bonchev–Trinajstić information content (AvgIpc) is 0. The maximum Gasteiger partial charge on any atom is 3.00 e. The summed E-state index contributed by atoms with van der Waals surface area (Å²) in [4.78, 5) is 0. The zero-order chi connectivity index (χ0) is 0. The fraction of sp³-hybridized carbons (Fsp3) is 0. The summed E-state index contributed by atoms with van der Waals surface area (Å²) in [5.74, 6) is 0. The van der Waals surface area contributed by atoms with Gasteiger partial charge in [-0.3, -0.25) is 0 Å². The molecule has 0 rings (SSSR count). The van der Waals surface area contributed by atoms with Crippen molar-refractivity contribution < 1.29 is 130 Å². The molecule has 52 valence electrons. The molecule has 4 radical (unpaired) electrons. The second-order valence-electron chi connectivity index (χ2n) is 0. The maximum absolute atomic E-state index is 0. The van der Waals surface area contributed by atoms with Gasteiger partial charge in [-0.2, -0.15) is 0 Å². The number of hydrogen-bond acceptors (Lipinski definition) is 0.